The minimum Gasteiger partial charge on any atom is -0.466 e. The Hall–Kier alpha value is -1.14. The third-order valence-corrected chi connectivity index (χ3v) is 8.77. The van der Waals surface area contributed by atoms with Crippen LogP contribution in [-0.4, -0.2) is 60.9 Å². The summed E-state index contributed by atoms with van der Waals surface area (Å²) < 4.78 is 17.7. The average molecular weight is 406 g/mol. The van der Waals surface area contributed by atoms with Crippen LogP contribution >= 0.6 is 0 Å². The lowest BCUT2D eigenvalue weighted by Gasteiger charge is -2.49. The summed E-state index contributed by atoms with van der Waals surface area (Å²) in [7, 11) is 0. The zero-order valence-electron chi connectivity index (χ0n) is 18.0. The summed E-state index contributed by atoms with van der Waals surface area (Å²) in [5.74, 6) is 0.347. The maximum atomic E-state index is 12.9. The van der Waals surface area contributed by atoms with Crippen LogP contribution in [0.25, 0.3) is 0 Å². The maximum absolute atomic E-state index is 12.9. The molecule has 2 saturated carbocycles. The fraction of sp³-hybridized carbons (Fsp3) is 0.913. The molecule has 0 bridgehead atoms. The molecular formula is C23H35NO5. The van der Waals surface area contributed by atoms with Gasteiger partial charge in [-0.3, -0.25) is 9.59 Å². The van der Waals surface area contributed by atoms with Crippen molar-refractivity contribution >= 4 is 11.9 Å². The number of fused-ring (bicyclic) bond motifs is 2. The van der Waals surface area contributed by atoms with E-state index in [1.165, 1.54) is 19.3 Å². The van der Waals surface area contributed by atoms with E-state index in [4.69, 9.17) is 14.2 Å². The van der Waals surface area contributed by atoms with Gasteiger partial charge < -0.3 is 19.1 Å². The van der Waals surface area contributed by atoms with E-state index in [2.05, 4.69) is 18.7 Å². The second-order valence-corrected chi connectivity index (χ2v) is 10.4. The quantitative estimate of drug-likeness (QED) is 0.529. The van der Waals surface area contributed by atoms with Crippen LogP contribution in [-0.2, 0) is 23.8 Å². The minimum absolute atomic E-state index is 0.00549. The molecule has 8 atom stereocenters. The molecule has 6 heteroatoms. The van der Waals surface area contributed by atoms with Crippen molar-refractivity contribution in [2.24, 2.45) is 29.1 Å². The van der Waals surface area contributed by atoms with Gasteiger partial charge in [0.1, 0.15) is 11.7 Å². The Labute approximate surface area is 173 Å². The molecule has 0 amide bonds. The van der Waals surface area contributed by atoms with Crippen molar-refractivity contribution in [3.05, 3.63) is 0 Å². The van der Waals surface area contributed by atoms with E-state index in [0.29, 0.717) is 25.6 Å². The molecule has 0 radical (unpaired) electrons. The fourth-order valence-electron chi connectivity index (χ4n) is 7.39. The van der Waals surface area contributed by atoms with E-state index in [0.717, 1.165) is 25.8 Å². The van der Waals surface area contributed by atoms with Crippen LogP contribution in [0.15, 0.2) is 0 Å². The van der Waals surface area contributed by atoms with Gasteiger partial charge in [-0.15, -0.1) is 0 Å². The van der Waals surface area contributed by atoms with E-state index >= 15 is 0 Å². The number of hydrogen-bond acceptors (Lipinski definition) is 6. The van der Waals surface area contributed by atoms with Gasteiger partial charge in [-0.25, -0.2) is 0 Å². The molecule has 0 aromatic heterocycles. The van der Waals surface area contributed by atoms with Crippen LogP contribution < -0.4 is 0 Å². The number of rotatable bonds is 4. The number of ether oxygens (including phenoxy) is 3. The molecule has 1 spiro atoms. The van der Waals surface area contributed by atoms with Gasteiger partial charge in [-0.1, -0.05) is 20.3 Å². The lowest BCUT2D eigenvalue weighted by molar-refractivity contribution is -0.150. The van der Waals surface area contributed by atoms with Crippen LogP contribution in [0.5, 0.6) is 0 Å². The van der Waals surface area contributed by atoms with Crippen molar-refractivity contribution in [3.8, 4) is 0 Å². The van der Waals surface area contributed by atoms with Crippen molar-refractivity contribution in [3.63, 3.8) is 0 Å². The summed E-state index contributed by atoms with van der Waals surface area (Å²) in [5.41, 5.74) is 0.0831. The Morgan fingerprint density at radius 1 is 1.31 bits per heavy atom. The van der Waals surface area contributed by atoms with E-state index in [9.17, 15) is 9.59 Å². The van der Waals surface area contributed by atoms with Crippen LogP contribution in [0.3, 0.4) is 0 Å². The van der Waals surface area contributed by atoms with Gasteiger partial charge in [0.25, 0.3) is 0 Å². The second-order valence-electron chi connectivity index (χ2n) is 10.4. The van der Waals surface area contributed by atoms with Gasteiger partial charge in [0, 0.05) is 24.4 Å². The summed E-state index contributed by atoms with van der Waals surface area (Å²) in [4.78, 5) is 27.4. The SMILES string of the molecule is CCOC(=O)[C@H]1CCCN(C[C@H]2C(=O)O[C@@H]3C[C@@]4(C)CCC[C@H](C)[C@@]45O[C@H]5[C@@H]32)C1. The highest BCUT2D eigenvalue weighted by atomic mass is 16.6. The van der Waals surface area contributed by atoms with E-state index in [1.54, 1.807) is 0 Å². The molecule has 5 rings (SSSR count). The van der Waals surface area contributed by atoms with Gasteiger partial charge in [-0.2, -0.15) is 0 Å². The maximum Gasteiger partial charge on any atom is 0.311 e. The number of esters is 2. The first-order valence-electron chi connectivity index (χ1n) is 11.7. The lowest BCUT2D eigenvalue weighted by atomic mass is 9.53. The Morgan fingerprint density at radius 3 is 2.93 bits per heavy atom. The Kier molecular flexibility index (Phi) is 4.74. The second kappa shape index (κ2) is 6.94. The van der Waals surface area contributed by atoms with Gasteiger partial charge in [0.2, 0.25) is 0 Å². The van der Waals surface area contributed by atoms with Gasteiger partial charge in [0.05, 0.1) is 24.5 Å². The van der Waals surface area contributed by atoms with Crippen LogP contribution in [0, 0.1) is 29.1 Å². The number of carbonyl (C=O) groups excluding carboxylic acids is 2. The molecule has 5 aliphatic rings. The summed E-state index contributed by atoms with van der Waals surface area (Å²) in [5, 5.41) is 0. The summed E-state index contributed by atoms with van der Waals surface area (Å²) >= 11 is 0. The first-order chi connectivity index (χ1) is 13.9. The molecule has 0 aromatic carbocycles. The monoisotopic (exact) mass is 405 g/mol. The average Bonchev–Trinajstić information content (AvgIpc) is 3.37. The van der Waals surface area contributed by atoms with Crippen LogP contribution in [0.1, 0.15) is 59.3 Å². The zero-order valence-corrected chi connectivity index (χ0v) is 18.0. The molecule has 3 heterocycles. The molecule has 162 valence electrons. The number of likely N-dealkylation sites (tertiary alicyclic amines) is 1. The van der Waals surface area contributed by atoms with E-state index in [-0.39, 0.29) is 52.9 Å². The summed E-state index contributed by atoms with van der Waals surface area (Å²) in [6, 6.07) is 0. The van der Waals surface area contributed by atoms with Crippen molar-refractivity contribution in [2.45, 2.75) is 77.1 Å². The third-order valence-electron chi connectivity index (χ3n) is 8.77. The number of epoxide rings is 1. The van der Waals surface area contributed by atoms with Gasteiger partial charge in [-0.05, 0) is 51.5 Å². The summed E-state index contributed by atoms with van der Waals surface area (Å²) in [6.07, 6.45) is 6.57. The third kappa shape index (κ3) is 2.88. The molecule has 5 fully saturated rings. The van der Waals surface area contributed by atoms with Gasteiger partial charge in [0.15, 0.2) is 0 Å². The standard InChI is InChI=1S/C23H35NO5/c1-4-27-20(25)15-8-6-10-24(12-15)13-16-18-17(28-21(16)26)11-22(3)9-5-7-14(2)23(22)19(18)29-23/h14-19H,4-13H2,1-3H3/t14-,15-,16+,17+,18+,19-,22+,23-/m0/s1. The first kappa shape index (κ1) is 19.8. The fourth-order valence-corrected chi connectivity index (χ4v) is 7.39. The van der Waals surface area contributed by atoms with E-state index in [1.807, 2.05) is 6.92 Å². The minimum atomic E-state index is -0.135. The molecule has 0 aromatic rings. The largest absolute Gasteiger partial charge is 0.466 e. The van der Waals surface area contributed by atoms with Crippen molar-refractivity contribution in [2.75, 3.05) is 26.2 Å². The van der Waals surface area contributed by atoms with Crippen LogP contribution in [0.2, 0.25) is 0 Å². The number of piperidine rings is 1. The normalized spacial score (nSPS) is 48.9. The first-order valence-corrected chi connectivity index (χ1v) is 11.7. The molecular weight excluding hydrogens is 370 g/mol. The molecule has 0 N–H and O–H groups in total. The molecule has 3 saturated heterocycles. The van der Waals surface area contributed by atoms with Crippen molar-refractivity contribution in [1.82, 2.24) is 4.90 Å². The molecule has 6 nitrogen and oxygen atoms in total. The van der Waals surface area contributed by atoms with E-state index < -0.39 is 0 Å². The smallest absolute Gasteiger partial charge is 0.311 e. The molecule has 29 heavy (non-hydrogen) atoms. The Balaban J connectivity index is 1.31. The molecule has 3 aliphatic heterocycles. The van der Waals surface area contributed by atoms with Crippen LogP contribution in [0.4, 0.5) is 0 Å². The summed E-state index contributed by atoms with van der Waals surface area (Å²) in [6.45, 7) is 9.25. The van der Waals surface area contributed by atoms with Gasteiger partial charge >= 0.3 is 11.9 Å². The highest BCUT2D eigenvalue weighted by Crippen LogP contribution is 2.70. The Morgan fingerprint density at radius 2 is 2.14 bits per heavy atom. The predicted molar refractivity (Wildman–Crippen MR) is 106 cm³/mol. The lowest BCUT2D eigenvalue weighted by Crippen LogP contribution is -2.55. The molecule has 0 unspecified atom stereocenters. The number of hydrogen-bond donors (Lipinski definition) is 0. The molecule has 2 aliphatic carbocycles. The highest BCUT2D eigenvalue weighted by molar-refractivity contribution is 5.76. The Bertz CT molecular complexity index is 697. The zero-order chi connectivity index (χ0) is 20.4. The topological polar surface area (TPSA) is 68.4 Å². The number of carbonyl (C=O) groups is 2. The van der Waals surface area contributed by atoms with Crippen molar-refractivity contribution in [1.29, 1.82) is 0 Å². The predicted octanol–water partition coefficient (Wildman–Crippen LogP) is 2.79. The van der Waals surface area contributed by atoms with Crippen molar-refractivity contribution < 1.29 is 23.8 Å². The number of nitrogens with zero attached hydrogens (tertiary/aromatic N) is 1. The highest BCUT2D eigenvalue weighted by Gasteiger charge is 2.78.